The summed E-state index contributed by atoms with van der Waals surface area (Å²) in [5, 5.41) is 33.8. The summed E-state index contributed by atoms with van der Waals surface area (Å²) < 4.78 is 0. The first kappa shape index (κ1) is 30.4. The van der Waals surface area contributed by atoms with Crippen LogP contribution in [0.5, 0.6) is 0 Å². The number of nitrogens with one attached hydrogen (secondary N) is 8. The van der Waals surface area contributed by atoms with E-state index in [0.29, 0.717) is 49.3 Å². The zero-order valence-corrected chi connectivity index (χ0v) is 33.2. The second-order valence-electron chi connectivity index (χ2n) is 15.6. The zero-order valence-electron chi connectivity index (χ0n) is 25.9. The van der Waals surface area contributed by atoms with Crippen molar-refractivity contribution < 1.29 is 0 Å². The van der Waals surface area contributed by atoms with Gasteiger partial charge in [-0.25, -0.2) is 0 Å². The average molecular weight is 750 g/mol. The van der Waals surface area contributed by atoms with E-state index in [2.05, 4.69) is 54.8 Å². The molecule has 8 bridgehead atoms. The van der Waals surface area contributed by atoms with Gasteiger partial charge < -0.3 is 0 Å². The van der Waals surface area contributed by atoms with E-state index in [0.717, 1.165) is 69.4 Å². The van der Waals surface area contributed by atoms with Gasteiger partial charge in [-0.05, 0) is 98.7 Å². The number of halogens is 1. The van der Waals surface area contributed by atoms with E-state index in [4.69, 9.17) is 0 Å². The first-order valence-corrected chi connectivity index (χ1v) is 31.1. The summed E-state index contributed by atoms with van der Waals surface area (Å²) in [6.45, 7) is 0. The standard InChI is InChI=1S/C32H56N8.BrH.In.2H/c1-2-10-18-17(9-1)25-33-26(18)38-28-21-13-5-6-14-22(21)30(35-28)40-32-24-16-8-7-15-23(24)31(36-32)39-29-20-12-4-3-11-19(20)27(34-29)37-25;;;;/h17-40H,1-16H2;1H;;;/q;;+1;;/p-1. The van der Waals surface area contributed by atoms with Gasteiger partial charge in [0.25, 0.3) is 0 Å². The SMILES string of the molecule is C1CCC2C3NC(NC4NC(NC5NC(NC6NC(N3)C3CCCCC63)C3CCCCC53)C3CCCCC43)C2C1.[Br][InH2]. The molecule has 5 aliphatic heterocycles. The van der Waals surface area contributed by atoms with E-state index in [1.807, 2.05) is 0 Å². The third-order valence-corrected chi connectivity index (χ3v) is 13.8. The molecule has 9 fully saturated rings. The molecule has 9 rings (SSSR count). The Kier molecular flexibility index (Phi) is 9.59. The molecule has 8 atom stereocenters. The van der Waals surface area contributed by atoms with Crippen LogP contribution < -0.4 is 42.5 Å². The zero-order chi connectivity index (χ0) is 28.2. The molecule has 0 amide bonds. The predicted molar refractivity (Wildman–Crippen MR) is 175 cm³/mol. The van der Waals surface area contributed by atoms with Crippen molar-refractivity contribution in [1.82, 2.24) is 42.5 Å². The molecule has 9 aliphatic rings. The molecule has 4 aliphatic carbocycles. The van der Waals surface area contributed by atoms with Gasteiger partial charge >= 0.3 is 34.3 Å². The number of hydrogen-bond acceptors (Lipinski definition) is 8. The molecule has 0 aromatic rings. The second-order valence-corrected chi connectivity index (χ2v) is 15.6. The third-order valence-electron chi connectivity index (χ3n) is 13.8. The van der Waals surface area contributed by atoms with Crippen LogP contribution in [-0.4, -0.2) is 71.4 Å². The first-order valence-electron chi connectivity index (χ1n) is 18.3. The van der Waals surface area contributed by atoms with E-state index in [9.17, 15) is 0 Å². The molecular formula is C32H58BrInN8. The fourth-order valence-corrected chi connectivity index (χ4v) is 12.0. The van der Waals surface area contributed by atoms with Gasteiger partial charge in [-0.1, -0.05) is 51.4 Å². The van der Waals surface area contributed by atoms with Crippen molar-refractivity contribution in [2.24, 2.45) is 47.3 Å². The van der Waals surface area contributed by atoms with Crippen molar-refractivity contribution in [2.75, 3.05) is 0 Å². The van der Waals surface area contributed by atoms with E-state index in [1.54, 1.807) is 0 Å². The second kappa shape index (κ2) is 13.3. The molecule has 0 aromatic heterocycles. The summed E-state index contributed by atoms with van der Waals surface area (Å²) >= 11 is 3.91. The number of rotatable bonds is 0. The summed E-state index contributed by atoms with van der Waals surface area (Å²) in [6, 6.07) is 0. The van der Waals surface area contributed by atoms with Crippen molar-refractivity contribution in [1.29, 1.82) is 0 Å². The van der Waals surface area contributed by atoms with Crippen molar-refractivity contribution in [3.05, 3.63) is 0 Å². The van der Waals surface area contributed by atoms with Crippen molar-refractivity contribution >= 4 is 34.3 Å². The monoisotopic (exact) mass is 748 g/mol. The third kappa shape index (κ3) is 5.53. The van der Waals surface area contributed by atoms with Gasteiger partial charge in [0.2, 0.25) is 0 Å². The summed E-state index contributed by atoms with van der Waals surface area (Å²) in [5.41, 5.74) is 0. The molecule has 8 N–H and O–H groups in total. The minimum atomic E-state index is 0.420. The predicted octanol–water partition coefficient (Wildman–Crippen LogP) is 2.54. The summed E-state index contributed by atoms with van der Waals surface area (Å²) in [6.07, 6.45) is 25.6. The Hall–Kier alpha value is 1.03. The van der Waals surface area contributed by atoms with Crippen LogP contribution >= 0.6 is 12.3 Å². The molecule has 0 spiro atoms. The molecule has 8 nitrogen and oxygen atoms in total. The maximum atomic E-state index is 4.26. The van der Waals surface area contributed by atoms with E-state index in [1.165, 1.54) is 103 Å². The Balaban J connectivity index is 0.00000131. The maximum absolute atomic E-state index is 4.26. The minimum absolute atomic E-state index is 0.420. The van der Waals surface area contributed by atoms with Crippen LogP contribution in [0.15, 0.2) is 0 Å². The molecule has 5 heterocycles. The Labute approximate surface area is 274 Å². The Morgan fingerprint density at radius 1 is 0.262 bits per heavy atom. The van der Waals surface area contributed by atoms with Crippen LogP contribution in [0.1, 0.15) is 103 Å². The Morgan fingerprint density at radius 2 is 0.381 bits per heavy atom. The van der Waals surface area contributed by atoms with Gasteiger partial charge in [-0.2, -0.15) is 0 Å². The molecule has 5 saturated heterocycles. The van der Waals surface area contributed by atoms with Crippen LogP contribution in [0.3, 0.4) is 0 Å². The molecule has 0 radical (unpaired) electrons. The Bertz CT molecular complexity index is 723. The van der Waals surface area contributed by atoms with Gasteiger partial charge in [0.15, 0.2) is 0 Å². The molecule has 236 valence electrons. The average Bonchev–Trinajstić information content (AvgIpc) is 3.78. The van der Waals surface area contributed by atoms with Gasteiger partial charge in [0.1, 0.15) is 0 Å². The van der Waals surface area contributed by atoms with Crippen LogP contribution in [0, 0.1) is 47.3 Å². The Morgan fingerprint density at radius 3 is 0.500 bits per heavy atom. The van der Waals surface area contributed by atoms with Crippen LogP contribution in [-0.2, 0) is 0 Å². The first-order chi connectivity index (χ1) is 20.8. The number of fused-ring (bicyclic) bond motifs is 20. The van der Waals surface area contributed by atoms with Crippen molar-refractivity contribution in [3.8, 4) is 0 Å². The van der Waals surface area contributed by atoms with Gasteiger partial charge in [-0.15, -0.1) is 0 Å². The van der Waals surface area contributed by atoms with Gasteiger partial charge in [0, 0.05) is 0 Å². The summed E-state index contributed by atoms with van der Waals surface area (Å²) in [5.74, 6) is 5.97. The van der Waals surface area contributed by atoms with Gasteiger partial charge in [0.05, 0.1) is 49.3 Å². The molecule has 42 heavy (non-hydrogen) atoms. The summed E-state index contributed by atoms with van der Waals surface area (Å²) in [4.78, 5) is 0. The number of hydrogen-bond donors (Lipinski definition) is 8. The molecule has 8 unspecified atom stereocenters. The van der Waals surface area contributed by atoms with Crippen LogP contribution in [0.4, 0.5) is 0 Å². The fourth-order valence-electron chi connectivity index (χ4n) is 12.0. The molecule has 4 saturated carbocycles. The van der Waals surface area contributed by atoms with E-state index < -0.39 is 0 Å². The van der Waals surface area contributed by atoms with E-state index in [-0.39, 0.29) is 0 Å². The van der Waals surface area contributed by atoms with Crippen LogP contribution in [0.2, 0.25) is 0 Å². The topological polar surface area (TPSA) is 96.2 Å². The van der Waals surface area contributed by atoms with Crippen molar-refractivity contribution in [3.63, 3.8) is 0 Å². The van der Waals surface area contributed by atoms with Crippen molar-refractivity contribution in [2.45, 2.75) is 152 Å². The van der Waals surface area contributed by atoms with E-state index >= 15 is 0 Å². The van der Waals surface area contributed by atoms with Gasteiger partial charge in [-0.3, -0.25) is 42.5 Å². The fraction of sp³-hybridized carbons (Fsp3) is 1.00. The molecule has 10 heteroatoms. The molecule has 0 aromatic carbocycles. The summed E-state index contributed by atoms with van der Waals surface area (Å²) in [7, 11) is 0. The van der Waals surface area contributed by atoms with Crippen LogP contribution in [0.25, 0.3) is 0 Å². The quantitative estimate of drug-likeness (QED) is 0.192. The molecular weight excluding hydrogens is 691 g/mol. The normalized spacial score (nSPS) is 55.0.